The first kappa shape index (κ1) is 17.0. The number of nitrogens with zero attached hydrogens (tertiary/aromatic N) is 2. The standard InChI is InChI=1S/C22H20N2S/c1-16-5-7-17(8-6-16)21(23-2)15-20-13-14-22(25-20)18-9-11-19(12-10-18)24(3)4/h5-15H,1,3-4H3/b21-15-. The molecule has 1 heterocycles. The van der Waals surface area contributed by atoms with Gasteiger partial charge in [-0.2, -0.15) is 0 Å². The van der Waals surface area contributed by atoms with Gasteiger partial charge in [0.05, 0.1) is 6.57 Å². The van der Waals surface area contributed by atoms with Gasteiger partial charge in [-0.1, -0.05) is 42.0 Å². The van der Waals surface area contributed by atoms with Crippen molar-refractivity contribution in [1.29, 1.82) is 0 Å². The Morgan fingerprint density at radius 1 is 0.960 bits per heavy atom. The molecule has 1 aromatic heterocycles. The number of rotatable bonds is 4. The van der Waals surface area contributed by atoms with Gasteiger partial charge >= 0.3 is 0 Å². The average molecular weight is 344 g/mol. The highest BCUT2D eigenvalue weighted by atomic mass is 32.1. The highest BCUT2D eigenvalue weighted by Gasteiger charge is 2.06. The maximum atomic E-state index is 7.49. The molecule has 2 nitrogen and oxygen atoms in total. The Morgan fingerprint density at radius 3 is 2.24 bits per heavy atom. The normalized spacial score (nSPS) is 11.2. The van der Waals surface area contributed by atoms with Crippen molar-refractivity contribution in [1.82, 2.24) is 0 Å². The first-order valence-corrected chi connectivity index (χ1v) is 8.92. The molecule has 0 amide bonds. The fourth-order valence-electron chi connectivity index (χ4n) is 2.55. The molecule has 124 valence electrons. The van der Waals surface area contributed by atoms with Crippen LogP contribution in [0.5, 0.6) is 0 Å². The van der Waals surface area contributed by atoms with Gasteiger partial charge in [-0.3, -0.25) is 0 Å². The Labute approximate surface area is 153 Å². The molecule has 0 saturated heterocycles. The number of benzene rings is 2. The molecule has 0 saturated carbocycles. The maximum Gasteiger partial charge on any atom is 0.195 e. The van der Waals surface area contributed by atoms with Crippen LogP contribution in [0.2, 0.25) is 0 Å². The second kappa shape index (κ2) is 7.38. The van der Waals surface area contributed by atoms with Gasteiger partial charge < -0.3 is 4.90 Å². The highest BCUT2D eigenvalue weighted by Crippen LogP contribution is 2.32. The third-order valence-electron chi connectivity index (χ3n) is 4.04. The van der Waals surface area contributed by atoms with Gasteiger partial charge in [-0.25, -0.2) is 4.85 Å². The lowest BCUT2D eigenvalue weighted by Gasteiger charge is -2.12. The molecular formula is C22H20N2S. The van der Waals surface area contributed by atoms with Gasteiger partial charge in [-0.15, -0.1) is 11.3 Å². The van der Waals surface area contributed by atoms with Gasteiger partial charge in [0.15, 0.2) is 5.70 Å². The number of aryl methyl sites for hydroxylation is 1. The SMILES string of the molecule is [C-]#[N+]/C(=C\c1ccc(-c2ccc(N(C)C)cc2)s1)c1ccc(C)cc1. The second-order valence-electron chi connectivity index (χ2n) is 6.15. The highest BCUT2D eigenvalue weighted by molar-refractivity contribution is 7.16. The molecule has 0 aliphatic carbocycles. The zero-order chi connectivity index (χ0) is 17.8. The van der Waals surface area contributed by atoms with Gasteiger partial charge in [0.25, 0.3) is 0 Å². The largest absolute Gasteiger partial charge is 0.378 e. The van der Waals surface area contributed by atoms with Crippen LogP contribution in [0.4, 0.5) is 5.69 Å². The molecule has 0 N–H and O–H groups in total. The van der Waals surface area contributed by atoms with Crippen molar-refractivity contribution in [3.8, 4) is 10.4 Å². The van der Waals surface area contributed by atoms with Crippen LogP contribution in [0.3, 0.4) is 0 Å². The van der Waals surface area contributed by atoms with Crippen molar-refractivity contribution in [3.63, 3.8) is 0 Å². The molecule has 0 fully saturated rings. The quantitative estimate of drug-likeness (QED) is 0.511. The molecule has 2 aromatic carbocycles. The fourth-order valence-corrected chi connectivity index (χ4v) is 3.50. The van der Waals surface area contributed by atoms with Crippen LogP contribution in [-0.2, 0) is 0 Å². The van der Waals surface area contributed by atoms with Crippen LogP contribution >= 0.6 is 11.3 Å². The first-order chi connectivity index (χ1) is 12.1. The van der Waals surface area contributed by atoms with E-state index in [0.717, 1.165) is 10.4 Å². The van der Waals surface area contributed by atoms with Crippen molar-refractivity contribution in [2.24, 2.45) is 0 Å². The molecule has 25 heavy (non-hydrogen) atoms. The molecule has 0 radical (unpaired) electrons. The summed E-state index contributed by atoms with van der Waals surface area (Å²) in [5.41, 5.74) is 5.24. The summed E-state index contributed by atoms with van der Waals surface area (Å²) in [4.78, 5) is 8.11. The molecule has 0 atom stereocenters. The Morgan fingerprint density at radius 2 is 1.64 bits per heavy atom. The summed E-state index contributed by atoms with van der Waals surface area (Å²) in [6.07, 6.45) is 1.97. The minimum atomic E-state index is 0.677. The molecule has 3 heteroatoms. The monoisotopic (exact) mass is 344 g/mol. The third kappa shape index (κ3) is 3.99. The van der Waals surface area contributed by atoms with Crippen molar-refractivity contribution in [3.05, 3.63) is 88.1 Å². The van der Waals surface area contributed by atoms with Gasteiger partial charge in [0, 0.05) is 29.5 Å². The van der Waals surface area contributed by atoms with E-state index in [1.54, 1.807) is 11.3 Å². The van der Waals surface area contributed by atoms with E-state index in [2.05, 4.69) is 53.1 Å². The Hall–Kier alpha value is -2.83. The molecule has 3 rings (SSSR count). The molecule has 3 aromatic rings. The van der Waals surface area contributed by atoms with Crippen molar-refractivity contribution in [2.75, 3.05) is 19.0 Å². The van der Waals surface area contributed by atoms with E-state index in [9.17, 15) is 0 Å². The summed E-state index contributed by atoms with van der Waals surface area (Å²) in [6.45, 7) is 9.55. The molecule has 0 aliphatic rings. The van der Waals surface area contributed by atoms with Crippen LogP contribution < -0.4 is 4.90 Å². The van der Waals surface area contributed by atoms with Crippen molar-refractivity contribution in [2.45, 2.75) is 6.92 Å². The molecule has 0 aliphatic heterocycles. The molecule has 0 unspecified atom stereocenters. The minimum absolute atomic E-state index is 0.677. The van der Waals surface area contributed by atoms with E-state index < -0.39 is 0 Å². The summed E-state index contributed by atoms with van der Waals surface area (Å²) < 4.78 is 0. The predicted octanol–water partition coefficient (Wildman–Crippen LogP) is 6.21. The summed E-state index contributed by atoms with van der Waals surface area (Å²) >= 11 is 1.71. The molecule has 0 bridgehead atoms. The lowest BCUT2D eigenvalue weighted by Crippen LogP contribution is -2.07. The Balaban J connectivity index is 1.87. The summed E-state index contributed by atoms with van der Waals surface area (Å²) in [5, 5.41) is 0. The average Bonchev–Trinajstić information content (AvgIpc) is 3.09. The van der Waals surface area contributed by atoms with Gasteiger partial charge in [0.1, 0.15) is 0 Å². The predicted molar refractivity (Wildman–Crippen MR) is 110 cm³/mol. The zero-order valence-corrected chi connectivity index (χ0v) is 15.5. The topological polar surface area (TPSA) is 7.60 Å². The van der Waals surface area contributed by atoms with E-state index in [0.29, 0.717) is 5.70 Å². The number of hydrogen-bond donors (Lipinski definition) is 0. The minimum Gasteiger partial charge on any atom is -0.378 e. The number of anilines is 1. The first-order valence-electron chi connectivity index (χ1n) is 8.10. The third-order valence-corrected chi connectivity index (χ3v) is 5.12. The van der Waals surface area contributed by atoms with E-state index >= 15 is 0 Å². The van der Waals surface area contributed by atoms with Crippen LogP contribution in [0, 0.1) is 13.5 Å². The van der Waals surface area contributed by atoms with E-state index in [1.165, 1.54) is 21.7 Å². The van der Waals surface area contributed by atoms with Crippen LogP contribution in [0.25, 0.3) is 27.1 Å². The lowest BCUT2D eigenvalue weighted by atomic mass is 10.1. The Bertz CT molecular complexity index is 923. The van der Waals surface area contributed by atoms with Crippen LogP contribution in [0.15, 0.2) is 60.7 Å². The van der Waals surface area contributed by atoms with Crippen molar-refractivity contribution < 1.29 is 0 Å². The summed E-state index contributed by atoms with van der Waals surface area (Å²) in [7, 11) is 4.08. The van der Waals surface area contributed by atoms with Crippen LogP contribution in [-0.4, -0.2) is 14.1 Å². The molecular weight excluding hydrogens is 324 g/mol. The van der Waals surface area contributed by atoms with E-state index in [-0.39, 0.29) is 0 Å². The van der Waals surface area contributed by atoms with Crippen molar-refractivity contribution >= 4 is 28.8 Å². The summed E-state index contributed by atoms with van der Waals surface area (Å²) in [5.74, 6) is 0. The van der Waals surface area contributed by atoms with Crippen LogP contribution in [0.1, 0.15) is 16.0 Å². The lowest BCUT2D eigenvalue weighted by molar-refractivity contribution is 1.13. The second-order valence-corrected chi connectivity index (χ2v) is 7.27. The molecule has 0 spiro atoms. The smallest absolute Gasteiger partial charge is 0.195 e. The summed E-state index contributed by atoms with van der Waals surface area (Å²) in [6, 6.07) is 20.8. The number of hydrogen-bond acceptors (Lipinski definition) is 2. The van der Waals surface area contributed by atoms with E-state index in [1.807, 2.05) is 44.4 Å². The van der Waals surface area contributed by atoms with E-state index in [4.69, 9.17) is 6.57 Å². The maximum absolute atomic E-state index is 7.49. The van der Waals surface area contributed by atoms with Gasteiger partial charge in [-0.05, 0) is 48.4 Å². The zero-order valence-electron chi connectivity index (χ0n) is 14.7. The number of thiophene rings is 1. The van der Waals surface area contributed by atoms with Gasteiger partial charge in [0.2, 0.25) is 0 Å². The Kier molecular flexibility index (Phi) is 5.02. The fraction of sp³-hybridized carbons (Fsp3) is 0.136.